The van der Waals surface area contributed by atoms with Gasteiger partial charge >= 0.3 is 0 Å². The van der Waals surface area contributed by atoms with Gasteiger partial charge in [0.1, 0.15) is 17.2 Å². The third-order valence-electron chi connectivity index (χ3n) is 3.32. The fourth-order valence-electron chi connectivity index (χ4n) is 2.49. The van der Waals surface area contributed by atoms with Crippen LogP contribution >= 0.6 is 0 Å². The zero-order valence-electron chi connectivity index (χ0n) is 10.0. The van der Waals surface area contributed by atoms with Gasteiger partial charge in [-0.05, 0) is 0 Å². The summed E-state index contributed by atoms with van der Waals surface area (Å²) in [6.07, 6.45) is -1.91. The highest BCUT2D eigenvalue weighted by molar-refractivity contribution is 5.56. The molecule has 0 aromatic heterocycles. The van der Waals surface area contributed by atoms with Crippen molar-refractivity contribution in [1.82, 2.24) is 0 Å². The van der Waals surface area contributed by atoms with Crippen molar-refractivity contribution in [2.24, 2.45) is 0 Å². The van der Waals surface area contributed by atoms with E-state index in [-0.39, 0.29) is 6.42 Å². The van der Waals surface area contributed by atoms with Gasteiger partial charge in [0.15, 0.2) is 11.9 Å². The highest BCUT2D eigenvalue weighted by Gasteiger charge is 2.57. The van der Waals surface area contributed by atoms with Crippen LogP contribution < -0.4 is 14.2 Å². The summed E-state index contributed by atoms with van der Waals surface area (Å²) in [7, 11) is 3.03. The maximum absolute atomic E-state index is 10.6. The average Bonchev–Trinajstić information content (AvgIpc) is 2.76. The lowest BCUT2D eigenvalue weighted by Gasteiger charge is -2.20. The molecule has 1 fully saturated rings. The monoisotopic (exact) mass is 254 g/mol. The second-order valence-electron chi connectivity index (χ2n) is 4.37. The number of hydrogen-bond acceptors (Lipinski definition) is 6. The van der Waals surface area contributed by atoms with Crippen molar-refractivity contribution in [3.05, 3.63) is 17.7 Å². The SMILES string of the molecule is COc1cc(OC)c2c(c1)OC1OC(O)CC21O. The largest absolute Gasteiger partial charge is 0.496 e. The molecule has 2 aliphatic heterocycles. The van der Waals surface area contributed by atoms with Crippen molar-refractivity contribution in [2.75, 3.05) is 14.2 Å². The van der Waals surface area contributed by atoms with E-state index in [4.69, 9.17) is 18.9 Å². The first kappa shape index (κ1) is 11.6. The first-order valence-electron chi connectivity index (χ1n) is 5.57. The summed E-state index contributed by atoms with van der Waals surface area (Å²) in [4.78, 5) is 0. The van der Waals surface area contributed by atoms with Crippen LogP contribution in [0.4, 0.5) is 0 Å². The summed E-state index contributed by atoms with van der Waals surface area (Å²) in [6, 6.07) is 3.32. The van der Waals surface area contributed by atoms with Crippen molar-refractivity contribution in [2.45, 2.75) is 24.6 Å². The molecule has 3 atom stereocenters. The normalized spacial score (nSPS) is 32.7. The van der Waals surface area contributed by atoms with Gasteiger partial charge < -0.3 is 29.2 Å². The standard InChI is InChI=1S/C12H14O6/c1-15-6-3-7(16-2)10-8(4-6)17-11-12(10,14)5-9(13)18-11/h3-4,9,11,13-14H,5H2,1-2H3. The summed E-state index contributed by atoms with van der Waals surface area (Å²) in [5.41, 5.74) is -0.890. The van der Waals surface area contributed by atoms with Crippen molar-refractivity contribution >= 4 is 0 Å². The molecule has 0 spiro atoms. The quantitative estimate of drug-likeness (QED) is 0.793. The van der Waals surface area contributed by atoms with E-state index < -0.39 is 18.2 Å². The minimum atomic E-state index is -1.38. The predicted octanol–water partition coefficient (Wildman–Crippen LogP) is 0.349. The number of rotatable bonds is 2. The van der Waals surface area contributed by atoms with Gasteiger partial charge in [-0.3, -0.25) is 0 Å². The molecular weight excluding hydrogens is 240 g/mol. The lowest BCUT2D eigenvalue weighted by Crippen LogP contribution is -2.33. The molecule has 0 saturated carbocycles. The van der Waals surface area contributed by atoms with E-state index in [1.807, 2.05) is 0 Å². The van der Waals surface area contributed by atoms with Gasteiger partial charge in [-0.25, -0.2) is 0 Å². The Morgan fingerprint density at radius 2 is 2.11 bits per heavy atom. The van der Waals surface area contributed by atoms with Gasteiger partial charge in [0.05, 0.1) is 19.8 Å². The Balaban J connectivity index is 2.14. The molecule has 3 unspecified atom stereocenters. The molecule has 0 bridgehead atoms. The molecule has 1 aromatic rings. The fourth-order valence-corrected chi connectivity index (χ4v) is 2.49. The molecule has 98 valence electrons. The molecule has 6 nitrogen and oxygen atoms in total. The summed E-state index contributed by atoms with van der Waals surface area (Å²) in [5.74, 6) is 1.47. The number of hydrogen-bond donors (Lipinski definition) is 2. The highest BCUT2D eigenvalue weighted by Crippen LogP contribution is 2.53. The molecule has 2 heterocycles. The summed E-state index contributed by atoms with van der Waals surface area (Å²) < 4.78 is 21.0. The number of ether oxygens (including phenoxy) is 4. The molecule has 0 aliphatic carbocycles. The van der Waals surface area contributed by atoms with E-state index in [1.165, 1.54) is 14.2 Å². The van der Waals surface area contributed by atoms with E-state index in [0.29, 0.717) is 22.8 Å². The first-order chi connectivity index (χ1) is 8.58. The number of methoxy groups -OCH3 is 2. The highest BCUT2D eigenvalue weighted by atomic mass is 16.8. The Bertz CT molecular complexity index is 488. The third kappa shape index (κ3) is 1.40. The van der Waals surface area contributed by atoms with Gasteiger partial charge in [-0.15, -0.1) is 0 Å². The number of aliphatic hydroxyl groups excluding tert-OH is 1. The van der Waals surface area contributed by atoms with Crippen LogP contribution in [0.1, 0.15) is 12.0 Å². The van der Waals surface area contributed by atoms with E-state index >= 15 is 0 Å². The predicted molar refractivity (Wildman–Crippen MR) is 59.6 cm³/mol. The third-order valence-corrected chi connectivity index (χ3v) is 3.32. The van der Waals surface area contributed by atoms with Crippen LogP contribution in [0.5, 0.6) is 17.2 Å². The maximum atomic E-state index is 10.6. The lowest BCUT2D eigenvalue weighted by atomic mass is 9.92. The molecule has 6 heteroatoms. The van der Waals surface area contributed by atoms with Gasteiger partial charge in [0.2, 0.25) is 6.29 Å². The number of aliphatic hydroxyl groups is 2. The molecular formula is C12H14O6. The average molecular weight is 254 g/mol. The second kappa shape index (κ2) is 3.74. The van der Waals surface area contributed by atoms with E-state index in [9.17, 15) is 10.2 Å². The Hall–Kier alpha value is -1.50. The lowest BCUT2D eigenvalue weighted by molar-refractivity contribution is -0.173. The van der Waals surface area contributed by atoms with Crippen LogP contribution in [0.2, 0.25) is 0 Å². The summed E-state index contributed by atoms with van der Waals surface area (Å²) in [6.45, 7) is 0. The van der Waals surface area contributed by atoms with Crippen molar-refractivity contribution in [1.29, 1.82) is 0 Å². The van der Waals surface area contributed by atoms with Gasteiger partial charge in [0.25, 0.3) is 0 Å². The number of fused-ring (bicyclic) bond motifs is 3. The Morgan fingerprint density at radius 1 is 1.33 bits per heavy atom. The minimum absolute atomic E-state index is 0.0490. The van der Waals surface area contributed by atoms with Gasteiger partial charge in [0, 0.05) is 18.6 Å². The van der Waals surface area contributed by atoms with Crippen molar-refractivity contribution in [3.8, 4) is 17.2 Å². The van der Waals surface area contributed by atoms with Crippen LogP contribution in [-0.2, 0) is 10.3 Å². The van der Waals surface area contributed by atoms with E-state index in [1.54, 1.807) is 12.1 Å². The number of benzene rings is 1. The molecule has 3 rings (SSSR count). The molecule has 1 aromatic carbocycles. The van der Waals surface area contributed by atoms with Crippen LogP contribution in [0.25, 0.3) is 0 Å². The van der Waals surface area contributed by atoms with Crippen molar-refractivity contribution < 1.29 is 29.2 Å². The van der Waals surface area contributed by atoms with Gasteiger partial charge in [-0.1, -0.05) is 0 Å². The molecule has 2 aliphatic rings. The van der Waals surface area contributed by atoms with Crippen LogP contribution in [0, 0.1) is 0 Å². The van der Waals surface area contributed by atoms with Crippen LogP contribution in [0.3, 0.4) is 0 Å². The fraction of sp³-hybridized carbons (Fsp3) is 0.500. The topological polar surface area (TPSA) is 77.4 Å². The smallest absolute Gasteiger partial charge is 0.235 e. The molecule has 1 saturated heterocycles. The first-order valence-corrected chi connectivity index (χ1v) is 5.57. The van der Waals surface area contributed by atoms with Crippen molar-refractivity contribution in [3.63, 3.8) is 0 Å². The van der Waals surface area contributed by atoms with E-state index in [2.05, 4.69) is 0 Å². The Labute approximate surface area is 104 Å². The zero-order chi connectivity index (χ0) is 12.9. The summed E-state index contributed by atoms with van der Waals surface area (Å²) >= 11 is 0. The molecule has 18 heavy (non-hydrogen) atoms. The minimum Gasteiger partial charge on any atom is -0.496 e. The zero-order valence-corrected chi connectivity index (χ0v) is 10.0. The maximum Gasteiger partial charge on any atom is 0.235 e. The Morgan fingerprint density at radius 3 is 2.78 bits per heavy atom. The molecule has 0 radical (unpaired) electrons. The van der Waals surface area contributed by atoms with Crippen LogP contribution in [0.15, 0.2) is 12.1 Å². The van der Waals surface area contributed by atoms with Gasteiger partial charge in [-0.2, -0.15) is 0 Å². The molecule has 0 amide bonds. The Kier molecular flexibility index (Phi) is 2.41. The molecule has 2 N–H and O–H groups in total. The van der Waals surface area contributed by atoms with Crippen LogP contribution in [-0.4, -0.2) is 37.0 Å². The van der Waals surface area contributed by atoms with E-state index in [0.717, 1.165) is 0 Å². The summed E-state index contributed by atoms with van der Waals surface area (Å²) in [5, 5.41) is 20.1. The second-order valence-corrected chi connectivity index (χ2v) is 4.37.